The molecule has 0 radical (unpaired) electrons. The van der Waals surface area contributed by atoms with Crippen molar-refractivity contribution in [1.82, 2.24) is 4.98 Å². The number of nitrogen functional groups attached to an aromatic ring is 1. The third-order valence-electron chi connectivity index (χ3n) is 2.51. The van der Waals surface area contributed by atoms with Gasteiger partial charge in [-0.25, -0.2) is 8.42 Å². The normalized spacial score (nSPS) is 11.3. The van der Waals surface area contributed by atoms with Gasteiger partial charge in [-0.05, 0) is 19.1 Å². The van der Waals surface area contributed by atoms with E-state index in [2.05, 4.69) is 9.71 Å². The highest BCUT2D eigenvalue weighted by Crippen LogP contribution is 2.27. The Balaban J connectivity index is 2.38. The molecule has 0 spiro atoms. The lowest BCUT2D eigenvalue weighted by Gasteiger charge is -2.10. The third-order valence-corrected chi connectivity index (χ3v) is 5.50. The summed E-state index contributed by atoms with van der Waals surface area (Å²) in [5.74, 6) is 0.365. The number of sulfonamides is 1. The van der Waals surface area contributed by atoms with Crippen LogP contribution in [-0.4, -0.2) is 20.5 Å². The molecule has 1 aromatic carbocycles. The number of thiazole rings is 1. The molecule has 1 heterocycles. The fraction of sp³-hybridized carbons (Fsp3) is 0.182. The Hall–Kier alpha value is -2.00. The number of aryl methyl sites for hydroxylation is 1. The molecule has 0 aliphatic heterocycles. The summed E-state index contributed by atoms with van der Waals surface area (Å²) in [6.45, 7) is 1.52. The highest BCUT2D eigenvalue weighted by molar-refractivity contribution is 7.94. The van der Waals surface area contributed by atoms with Crippen LogP contribution in [0.25, 0.3) is 0 Å². The van der Waals surface area contributed by atoms with Crippen molar-refractivity contribution >= 4 is 32.7 Å². The van der Waals surface area contributed by atoms with E-state index in [1.807, 2.05) is 0 Å². The van der Waals surface area contributed by atoms with E-state index >= 15 is 0 Å². The lowest BCUT2D eigenvalue weighted by molar-refractivity contribution is 0.417. The minimum atomic E-state index is -3.82. The van der Waals surface area contributed by atoms with Gasteiger partial charge < -0.3 is 15.5 Å². The molecule has 2 aromatic rings. The van der Waals surface area contributed by atoms with Crippen LogP contribution in [0.3, 0.4) is 0 Å². The molecule has 0 unspecified atom stereocenters. The monoisotopic (exact) mass is 315 g/mol. The van der Waals surface area contributed by atoms with Gasteiger partial charge in [0.05, 0.1) is 18.5 Å². The Bertz CT molecular complexity index is 792. The molecule has 0 aliphatic rings. The van der Waals surface area contributed by atoms with Crippen molar-refractivity contribution in [2.45, 2.75) is 11.1 Å². The lowest BCUT2D eigenvalue weighted by Crippen LogP contribution is -2.12. The standard InChI is InChI=1S/C11H13N3O4S2/c1-6-10(19-11(15)13-6)20(16,17)14-7-3-4-8(12)9(5-7)18-2/h3-5,14H,12H2,1-2H3,(H,13,15). The zero-order chi connectivity index (χ0) is 14.9. The number of hydrogen-bond acceptors (Lipinski definition) is 6. The topological polar surface area (TPSA) is 114 Å². The van der Waals surface area contributed by atoms with Crippen LogP contribution in [0.5, 0.6) is 5.75 Å². The van der Waals surface area contributed by atoms with Crippen LogP contribution >= 0.6 is 11.3 Å². The van der Waals surface area contributed by atoms with Crippen LogP contribution in [0.1, 0.15) is 5.69 Å². The summed E-state index contributed by atoms with van der Waals surface area (Å²) < 4.78 is 31.7. The number of benzene rings is 1. The van der Waals surface area contributed by atoms with Crippen LogP contribution in [-0.2, 0) is 10.0 Å². The first-order chi connectivity index (χ1) is 9.33. The van der Waals surface area contributed by atoms with Crippen molar-refractivity contribution in [3.05, 3.63) is 33.6 Å². The third kappa shape index (κ3) is 2.78. The Kier molecular flexibility index (Phi) is 3.73. The molecule has 108 valence electrons. The highest BCUT2D eigenvalue weighted by atomic mass is 32.2. The number of hydrogen-bond donors (Lipinski definition) is 3. The summed E-state index contributed by atoms with van der Waals surface area (Å²) in [7, 11) is -2.38. The summed E-state index contributed by atoms with van der Waals surface area (Å²) >= 11 is 0.636. The molecule has 0 atom stereocenters. The van der Waals surface area contributed by atoms with Gasteiger partial charge in [0.15, 0.2) is 4.21 Å². The quantitative estimate of drug-likeness (QED) is 0.732. The number of nitrogens with two attached hydrogens (primary N) is 1. The van der Waals surface area contributed by atoms with Gasteiger partial charge in [0.25, 0.3) is 10.0 Å². The number of aromatic nitrogens is 1. The first-order valence-corrected chi connectivity index (χ1v) is 7.79. The van der Waals surface area contributed by atoms with E-state index in [0.29, 0.717) is 34.2 Å². The van der Waals surface area contributed by atoms with Gasteiger partial charge in [-0.2, -0.15) is 0 Å². The SMILES string of the molecule is COc1cc(NS(=O)(=O)c2sc(=O)[nH]c2C)ccc1N. The molecule has 4 N–H and O–H groups in total. The number of methoxy groups -OCH3 is 1. The summed E-state index contributed by atoms with van der Waals surface area (Å²) in [4.78, 5) is 13.2. The number of ether oxygens (including phenoxy) is 1. The van der Waals surface area contributed by atoms with Crippen LogP contribution in [0.4, 0.5) is 11.4 Å². The van der Waals surface area contributed by atoms with Crippen LogP contribution in [0, 0.1) is 6.92 Å². The summed E-state index contributed by atoms with van der Waals surface area (Å²) in [5, 5.41) is 0. The molecule has 1 aromatic heterocycles. The average Bonchev–Trinajstić information content (AvgIpc) is 2.71. The molecule has 0 bridgehead atoms. The minimum absolute atomic E-state index is 0.0432. The van der Waals surface area contributed by atoms with E-state index in [0.717, 1.165) is 0 Å². The van der Waals surface area contributed by atoms with Crippen molar-refractivity contribution in [2.75, 3.05) is 17.6 Å². The molecule has 0 saturated carbocycles. The molecule has 2 rings (SSSR count). The number of aromatic amines is 1. The average molecular weight is 315 g/mol. The summed E-state index contributed by atoms with van der Waals surface area (Å²) in [5.41, 5.74) is 6.66. The highest BCUT2D eigenvalue weighted by Gasteiger charge is 2.21. The second-order valence-electron chi connectivity index (χ2n) is 3.99. The molecule has 9 heteroatoms. The summed E-state index contributed by atoms with van der Waals surface area (Å²) in [6, 6.07) is 4.51. The maximum atomic E-state index is 12.2. The van der Waals surface area contributed by atoms with E-state index < -0.39 is 14.9 Å². The molecule has 0 aliphatic carbocycles. The van der Waals surface area contributed by atoms with Crippen molar-refractivity contribution in [1.29, 1.82) is 0 Å². The van der Waals surface area contributed by atoms with Gasteiger partial charge in [-0.3, -0.25) is 9.52 Å². The Morgan fingerprint density at radius 2 is 2.10 bits per heavy atom. The molecule has 0 saturated heterocycles. The fourth-order valence-electron chi connectivity index (χ4n) is 1.62. The molecule has 20 heavy (non-hydrogen) atoms. The molecular weight excluding hydrogens is 302 g/mol. The molecular formula is C11H13N3O4S2. The minimum Gasteiger partial charge on any atom is -0.495 e. The van der Waals surface area contributed by atoms with Crippen molar-refractivity contribution in [3.63, 3.8) is 0 Å². The lowest BCUT2D eigenvalue weighted by atomic mass is 10.3. The zero-order valence-electron chi connectivity index (χ0n) is 10.8. The molecule has 0 fully saturated rings. The van der Waals surface area contributed by atoms with Crippen molar-refractivity contribution in [3.8, 4) is 5.75 Å². The Morgan fingerprint density at radius 1 is 1.40 bits per heavy atom. The smallest absolute Gasteiger partial charge is 0.306 e. The van der Waals surface area contributed by atoms with E-state index in [-0.39, 0.29) is 4.21 Å². The van der Waals surface area contributed by atoms with E-state index in [9.17, 15) is 13.2 Å². The summed E-state index contributed by atoms with van der Waals surface area (Å²) in [6.07, 6.45) is 0. The van der Waals surface area contributed by atoms with Gasteiger partial charge in [0, 0.05) is 11.8 Å². The predicted molar refractivity (Wildman–Crippen MR) is 77.9 cm³/mol. The van der Waals surface area contributed by atoms with Gasteiger partial charge >= 0.3 is 4.87 Å². The first kappa shape index (κ1) is 14.4. The number of rotatable bonds is 4. The van der Waals surface area contributed by atoms with Crippen LogP contribution < -0.4 is 20.1 Å². The van der Waals surface area contributed by atoms with Crippen LogP contribution in [0.15, 0.2) is 27.2 Å². The Morgan fingerprint density at radius 3 is 2.65 bits per heavy atom. The number of anilines is 2. The largest absolute Gasteiger partial charge is 0.495 e. The van der Waals surface area contributed by atoms with Crippen molar-refractivity contribution < 1.29 is 13.2 Å². The first-order valence-electron chi connectivity index (χ1n) is 5.49. The number of nitrogens with one attached hydrogen (secondary N) is 2. The molecule has 0 amide bonds. The zero-order valence-corrected chi connectivity index (χ0v) is 12.4. The number of H-pyrrole nitrogens is 1. The fourth-order valence-corrected chi connectivity index (χ4v) is 3.97. The van der Waals surface area contributed by atoms with Gasteiger partial charge in [-0.1, -0.05) is 11.3 Å². The van der Waals surface area contributed by atoms with Crippen LogP contribution in [0.2, 0.25) is 0 Å². The van der Waals surface area contributed by atoms with Gasteiger partial charge in [-0.15, -0.1) is 0 Å². The van der Waals surface area contributed by atoms with E-state index in [1.54, 1.807) is 0 Å². The molecule has 7 nitrogen and oxygen atoms in total. The van der Waals surface area contributed by atoms with Crippen molar-refractivity contribution in [2.24, 2.45) is 0 Å². The van der Waals surface area contributed by atoms with E-state index in [4.69, 9.17) is 10.5 Å². The maximum Gasteiger partial charge on any atom is 0.306 e. The van der Waals surface area contributed by atoms with Gasteiger partial charge in [0.2, 0.25) is 0 Å². The maximum absolute atomic E-state index is 12.2. The van der Waals surface area contributed by atoms with E-state index in [1.165, 1.54) is 32.2 Å². The second-order valence-corrected chi connectivity index (χ2v) is 6.85. The second kappa shape index (κ2) is 5.17. The Labute approximate surface area is 119 Å². The van der Waals surface area contributed by atoms with Gasteiger partial charge in [0.1, 0.15) is 5.75 Å². The predicted octanol–water partition coefficient (Wildman–Crippen LogP) is 1.14.